The van der Waals surface area contributed by atoms with Crippen LogP contribution in [0.15, 0.2) is 15.7 Å². The Morgan fingerprint density at radius 3 is 2.24 bits per heavy atom. The molecule has 0 unspecified atom stereocenters. The normalized spacial score (nSPS) is 18.9. The topological polar surface area (TPSA) is 118 Å². The smallest absolute Gasteiger partial charge is 0.326 e. The second-order valence-corrected chi connectivity index (χ2v) is 6.57. The molecule has 2 aliphatic rings. The van der Waals surface area contributed by atoms with Crippen LogP contribution in [0.3, 0.4) is 0 Å². The summed E-state index contributed by atoms with van der Waals surface area (Å²) >= 11 is 0. The lowest BCUT2D eigenvalue weighted by molar-refractivity contribution is 0.0902. The molecule has 2 fully saturated rings. The second-order valence-electron chi connectivity index (χ2n) is 6.57. The fourth-order valence-corrected chi connectivity index (χ4v) is 3.35. The summed E-state index contributed by atoms with van der Waals surface area (Å²) in [6.45, 7) is 2.83. The number of nitrogens with zero attached hydrogens (tertiary/aromatic N) is 2. The van der Waals surface area contributed by atoms with E-state index in [1.165, 1.54) is 6.42 Å². The monoisotopic (exact) mass is 349 g/mol. The summed E-state index contributed by atoms with van der Waals surface area (Å²) < 4.78 is 0. The number of aromatic nitrogens is 2. The lowest BCUT2D eigenvalue weighted by atomic mass is 10.0. The Morgan fingerprint density at radius 2 is 1.60 bits per heavy atom. The summed E-state index contributed by atoms with van der Waals surface area (Å²) in [5.74, 6) is -0.482. The number of piperidine rings is 2. The summed E-state index contributed by atoms with van der Waals surface area (Å²) in [4.78, 5) is 55.2. The highest BCUT2D eigenvalue weighted by Crippen LogP contribution is 2.16. The van der Waals surface area contributed by atoms with Crippen LogP contribution >= 0.6 is 0 Å². The zero-order valence-corrected chi connectivity index (χ0v) is 14.0. The van der Waals surface area contributed by atoms with E-state index in [4.69, 9.17) is 0 Å². The molecule has 2 aliphatic heterocycles. The molecule has 1 aromatic rings. The molecule has 0 spiro atoms. The fraction of sp³-hybridized carbons (Fsp3) is 0.625. The zero-order chi connectivity index (χ0) is 17.8. The lowest BCUT2D eigenvalue weighted by Gasteiger charge is -2.37. The van der Waals surface area contributed by atoms with Crippen molar-refractivity contribution in [2.75, 3.05) is 26.2 Å². The van der Waals surface area contributed by atoms with Crippen LogP contribution in [0, 0.1) is 0 Å². The van der Waals surface area contributed by atoms with Crippen LogP contribution in [0.1, 0.15) is 42.6 Å². The van der Waals surface area contributed by atoms with Crippen LogP contribution in [0.4, 0.5) is 4.79 Å². The Balaban J connectivity index is 1.52. The molecule has 3 amide bonds. The average Bonchev–Trinajstić information content (AvgIpc) is 2.61. The molecule has 136 valence electrons. The van der Waals surface area contributed by atoms with Gasteiger partial charge in [0, 0.05) is 38.3 Å². The molecule has 2 saturated heterocycles. The highest BCUT2D eigenvalue weighted by Gasteiger charge is 2.28. The second kappa shape index (κ2) is 7.54. The summed E-state index contributed by atoms with van der Waals surface area (Å²) in [6, 6.07) is 1.07. The molecule has 0 radical (unpaired) electrons. The molecule has 0 saturated carbocycles. The van der Waals surface area contributed by atoms with E-state index >= 15 is 0 Å². The molecule has 3 N–H and O–H groups in total. The molecule has 9 nitrogen and oxygen atoms in total. The number of aromatic amines is 2. The van der Waals surface area contributed by atoms with E-state index in [9.17, 15) is 19.2 Å². The molecular weight excluding hydrogens is 326 g/mol. The first-order valence-corrected chi connectivity index (χ1v) is 8.71. The van der Waals surface area contributed by atoms with Crippen molar-refractivity contribution < 1.29 is 9.59 Å². The summed E-state index contributed by atoms with van der Waals surface area (Å²) in [5.41, 5.74) is -1.38. The molecule has 25 heavy (non-hydrogen) atoms. The predicted octanol–water partition coefficient (Wildman–Crippen LogP) is -0.137. The number of amides is 3. The fourth-order valence-electron chi connectivity index (χ4n) is 3.35. The minimum atomic E-state index is -0.709. The first-order chi connectivity index (χ1) is 12.0. The molecule has 9 heteroatoms. The van der Waals surface area contributed by atoms with Gasteiger partial charge in [-0.3, -0.25) is 14.6 Å². The van der Waals surface area contributed by atoms with Crippen molar-refractivity contribution >= 4 is 11.9 Å². The number of carbonyl (C=O) groups is 2. The van der Waals surface area contributed by atoms with E-state index in [0.29, 0.717) is 25.9 Å². The molecule has 3 rings (SSSR count). The molecule has 0 atom stereocenters. The number of rotatable bonds is 2. The van der Waals surface area contributed by atoms with Gasteiger partial charge in [0.2, 0.25) is 0 Å². The third-order valence-corrected chi connectivity index (χ3v) is 4.73. The maximum absolute atomic E-state index is 12.5. The maximum atomic E-state index is 12.5. The average molecular weight is 349 g/mol. The van der Waals surface area contributed by atoms with E-state index in [1.807, 2.05) is 14.8 Å². The highest BCUT2D eigenvalue weighted by molar-refractivity contribution is 5.92. The largest absolute Gasteiger partial charge is 0.348 e. The van der Waals surface area contributed by atoms with Gasteiger partial charge in [0.25, 0.3) is 11.5 Å². The van der Waals surface area contributed by atoms with Gasteiger partial charge in [-0.15, -0.1) is 0 Å². The maximum Gasteiger partial charge on any atom is 0.326 e. The molecule has 0 aliphatic carbocycles. The molecular formula is C16H23N5O4. The number of likely N-dealkylation sites (tertiary alicyclic amines) is 2. The van der Waals surface area contributed by atoms with E-state index in [-0.39, 0.29) is 17.8 Å². The van der Waals surface area contributed by atoms with Crippen molar-refractivity contribution in [1.82, 2.24) is 25.1 Å². The van der Waals surface area contributed by atoms with Crippen LogP contribution in [-0.2, 0) is 0 Å². The number of carbonyl (C=O) groups excluding carboxylic acids is 2. The minimum Gasteiger partial charge on any atom is -0.348 e. The zero-order valence-electron chi connectivity index (χ0n) is 14.0. The van der Waals surface area contributed by atoms with Gasteiger partial charge in [-0.25, -0.2) is 9.59 Å². The minimum absolute atomic E-state index is 0.0550. The van der Waals surface area contributed by atoms with Gasteiger partial charge in [0.1, 0.15) is 5.69 Å². The quantitative estimate of drug-likeness (QED) is 0.689. The van der Waals surface area contributed by atoms with E-state index in [1.54, 1.807) is 0 Å². The van der Waals surface area contributed by atoms with Crippen LogP contribution in [0.2, 0.25) is 0 Å². The van der Waals surface area contributed by atoms with E-state index < -0.39 is 17.2 Å². The Morgan fingerprint density at radius 1 is 0.960 bits per heavy atom. The Labute approximate surface area is 144 Å². The van der Waals surface area contributed by atoms with Crippen molar-refractivity contribution in [1.29, 1.82) is 0 Å². The number of urea groups is 1. The van der Waals surface area contributed by atoms with Gasteiger partial charge in [-0.05, 0) is 32.1 Å². The van der Waals surface area contributed by atoms with Crippen LogP contribution in [0.5, 0.6) is 0 Å². The van der Waals surface area contributed by atoms with Gasteiger partial charge < -0.3 is 20.1 Å². The SMILES string of the molecule is O=C(NC1CCN(C(=O)N2CCCCC2)CC1)c1cc(=O)[nH]c(=O)[nH]1. The summed E-state index contributed by atoms with van der Waals surface area (Å²) in [7, 11) is 0. The van der Waals surface area contributed by atoms with Crippen molar-refractivity contribution in [2.24, 2.45) is 0 Å². The van der Waals surface area contributed by atoms with Gasteiger partial charge >= 0.3 is 11.7 Å². The van der Waals surface area contributed by atoms with Crippen LogP contribution in [-0.4, -0.2) is 63.9 Å². The molecule has 0 bridgehead atoms. The van der Waals surface area contributed by atoms with Crippen molar-refractivity contribution in [3.05, 3.63) is 32.6 Å². The Hall–Kier alpha value is -2.58. The van der Waals surface area contributed by atoms with Crippen LogP contribution in [0.25, 0.3) is 0 Å². The first kappa shape index (κ1) is 17.2. The van der Waals surface area contributed by atoms with Gasteiger partial charge in [0.15, 0.2) is 0 Å². The van der Waals surface area contributed by atoms with Gasteiger partial charge in [-0.2, -0.15) is 0 Å². The standard InChI is InChI=1S/C16H23N5O4/c22-13-10-12(18-15(24)19-13)14(23)17-11-4-8-21(9-5-11)16(25)20-6-2-1-3-7-20/h10-11H,1-9H2,(H,17,23)(H2,18,19,22,24). The van der Waals surface area contributed by atoms with Gasteiger partial charge in [0.05, 0.1) is 0 Å². The first-order valence-electron chi connectivity index (χ1n) is 8.71. The predicted molar refractivity (Wildman–Crippen MR) is 90.6 cm³/mol. The van der Waals surface area contributed by atoms with Crippen molar-refractivity contribution in [3.63, 3.8) is 0 Å². The molecule has 1 aromatic heterocycles. The number of hydrogen-bond acceptors (Lipinski definition) is 4. The number of H-pyrrole nitrogens is 2. The number of nitrogens with one attached hydrogen (secondary N) is 3. The third-order valence-electron chi connectivity index (χ3n) is 4.73. The van der Waals surface area contributed by atoms with Crippen LogP contribution < -0.4 is 16.6 Å². The number of hydrogen-bond donors (Lipinski definition) is 3. The summed E-state index contributed by atoms with van der Waals surface area (Å²) in [6.07, 6.45) is 4.61. The van der Waals surface area contributed by atoms with E-state index in [0.717, 1.165) is 32.0 Å². The molecule has 0 aromatic carbocycles. The van der Waals surface area contributed by atoms with Gasteiger partial charge in [-0.1, -0.05) is 0 Å². The Kier molecular flexibility index (Phi) is 5.20. The highest BCUT2D eigenvalue weighted by atomic mass is 16.2. The van der Waals surface area contributed by atoms with Crippen molar-refractivity contribution in [2.45, 2.75) is 38.1 Å². The Bertz CT molecular complexity index is 713. The van der Waals surface area contributed by atoms with E-state index in [2.05, 4.69) is 10.3 Å². The molecule has 3 heterocycles. The third kappa shape index (κ3) is 4.28. The lowest BCUT2D eigenvalue weighted by Crippen LogP contribution is -2.51. The van der Waals surface area contributed by atoms with Crippen molar-refractivity contribution in [3.8, 4) is 0 Å². The summed E-state index contributed by atoms with van der Waals surface area (Å²) in [5, 5.41) is 2.82.